The Balaban J connectivity index is 2.05. The highest BCUT2D eigenvalue weighted by atomic mass is 79.9. The van der Waals surface area contributed by atoms with Crippen LogP contribution in [0.1, 0.15) is 56.2 Å². The maximum atomic E-state index is 12.2. The fraction of sp³-hybridized carbons (Fsp3) is 0.348. The third-order valence-electron chi connectivity index (χ3n) is 5.23. The highest BCUT2D eigenvalue weighted by Gasteiger charge is 2.37. The second-order valence-corrected chi connectivity index (χ2v) is 9.21. The van der Waals surface area contributed by atoms with Crippen LogP contribution in [0.3, 0.4) is 0 Å². The van der Waals surface area contributed by atoms with Gasteiger partial charge in [0.05, 0.1) is 5.92 Å². The fourth-order valence-electron chi connectivity index (χ4n) is 4.19. The molecule has 1 aliphatic carbocycles. The molecule has 3 rings (SSSR count). The van der Waals surface area contributed by atoms with Crippen LogP contribution in [0.15, 0.2) is 70.7 Å². The lowest BCUT2D eigenvalue weighted by atomic mass is 9.73. The molecule has 0 heterocycles. The molecule has 146 valence electrons. The molecule has 4 nitrogen and oxygen atoms in total. The van der Waals surface area contributed by atoms with Crippen LogP contribution in [0.4, 0.5) is 0 Å². The first-order chi connectivity index (χ1) is 13.2. The van der Waals surface area contributed by atoms with Gasteiger partial charge in [0.25, 0.3) is 0 Å². The normalized spacial score (nSPS) is 18.2. The van der Waals surface area contributed by atoms with Crippen LogP contribution in [-0.4, -0.2) is 10.7 Å². The van der Waals surface area contributed by atoms with Crippen LogP contribution < -0.4 is 0 Å². The van der Waals surface area contributed by atoms with Crippen molar-refractivity contribution in [3.05, 3.63) is 92.0 Å². The molecule has 0 unspecified atom stereocenters. The minimum atomic E-state index is -0.878. The summed E-state index contributed by atoms with van der Waals surface area (Å²) in [6.07, 6.45) is 3.50. The smallest absolute Gasteiger partial charge is 0.245 e. The Morgan fingerprint density at radius 3 is 2.36 bits per heavy atom. The van der Waals surface area contributed by atoms with Crippen molar-refractivity contribution in [3.8, 4) is 0 Å². The molecule has 28 heavy (non-hydrogen) atoms. The maximum absolute atomic E-state index is 12.2. The molecule has 0 aromatic heterocycles. The molecule has 0 fully saturated rings. The Bertz CT molecular complexity index is 905. The monoisotopic (exact) mass is 441 g/mol. The van der Waals surface area contributed by atoms with Gasteiger partial charge >= 0.3 is 0 Å². The van der Waals surface area contributed by atoms with Crippen LogP contribution >= 0.6 is 15.9 Å². The van der Waals surface area contributed by atoms with Gasteiger partial charge in [0.1, 0.15) is 0 Å². The van der Waals surface area contributed by atoms with Crippen molar-refractivity contribution in [1.29, 1.82) is 0 Å². The van der Waals surface area contributed by atoms with Crippen molar-refractivity contribution >= 4 is 21.7 Å². The van der Waals surface area contributed by atoms with E-state index in [1.807, 2.05) is 54.6 Å². The lowest BCUT2D eigenvalue weighted by molar-refractivity contribution is -0.533. The Kier molecular flexibility index (Phi) is 6.14. The average Bonchev–Trinajstić information content (AvgIpc) is 2.60. The van der Waals surface area contributed by atoms with Gasteiger partial charge in [-0.1, -0.05) is 77.8 Å². The highest BCUT2D eigenvalue weighted by molar-refractivity contribution is 9.10. The summed E-state index contributed by atoms with van der Waals surface area (Å²) in [4.78, 5) is 24.2. The number of carbonyl (C=O) groups is 1. The van der Waals surface area contributed by atoms with E-state index in [1.165, 1.54) is 0 Å². The number of nitrogens with zero attached hydrogens (tertiary/aromatic N) is 1. The van der Waals surface area contributed by atoms with E-state index in [2.05, 4.69) is 29.8 Å². The van der Waals surface area contributed by atoms with Crippen molar-refractivity contribution in [1.82, 2.24) is 0 Å². The van der Waals surface area contributed by atoms with E-state index in [-0.39, 0.29) is 22.0 Å². The molecule has 1 aliphatic rings. The average molecular weight is 442 g/mol. The lowest BCUT2D eigenvalue weighted by Crippen LogP contribution is -2.25. The molecule has 2 aromatic rings. The summed E-state index contributed by atoms with van der Waals surface area (Å²) in [5.74, 6) is -0.251. The number of rotatable bonds is 6. The highest BCUT2D eigenvalue weighted by Crippen LogP contribution is 2.43. The SMILES string of the molecule is CC1(C)CC(=O)C=C(C[C@H](c2cccc(Br)c2)[C@H](c2ccccc2)[N+](=O)[O-])C1. The summed E-state index contributed by atoms with van der Waals surface area (Å²) < 4.78 is 0.888. The Hall–Kier alpha value is -2.27. The maximum Gasteiger partial charge on any atom is 0.245 e. The second kappa shape index (κ2) is 8.39. The molecule has 0 aliphatic heterocycles. The number of halogens is 1. The summed E-state index contributed by atoms with van der Waals surface area (Å²) in [5, 5.41) is 12.1. The van der Waals surface area contributed by atoms with Gasteiger partial charge in [-0.3, -0.25) is 14.9 Å². The van der Waals surface area contributed by atoms with Crippen LogP contribution in [0.5, 0.6) is 0 Å². The molecule has 0 amide bonds. The number of hydrogen-bond acceptors (Lipinski definition) is 3. The van der Waals surface area contributed by atoms with E-state index in [4.69, 9.17) is 0 Å². The van der Waals surface area contributed by atoms with E-state index in [0.717, 1.165) is 22.0 Å². The second-order valence-electron chi connectivity index (χ2n) is 8.29. The van der Waals surface area contributed by atoms with Gasteiger partial charge in [-0.2, -0.15) is 0 Å². The lowest BCUT2D eigenvalue weighted by Gasteiger charge is -2.31. The molecular weight excluding hydrogens is 418 g/mol. The van der Waals surface area contributed by atoms with Crippen LogP contribution in [0, 0.1) is 15.5 Å². The quantitative estimate of drug-likeness (QED) is 0.392. The van der Waals surface area contributed by atoms with Gasteiger partial charge in [-0.05, 0) is 42.0 Å². The molecule has 0 saturated carbocycles. The summed E-state index contributed by atoms with van der Waals surface area (Å²) in [5.41, 5.74) is 2.46. The summed E-state index contributed by atoms with van der Waals surface area (Å²) in [7, 11) is 0. The summed E-state index contributed by atoms with van der Waals surface area (Å²) in [6, 6.07) is 16.0. The van der Waals surface area contributed by atoms with Gasteiger partial charge in [-0.15, -0.1) is 0 Å². The molecule has 0 spiro atoms. The largest absolute Gasteiger partial charge is 0.295 e. The van der Waals surface area contributed by atoms with Crippen LogP contribution in [0.2, 0.25) is 0 Å². The van der Waals surface area contributed by atoms with Gasteiger partial charge in [-0.25, -0.2) is 0 Å². The minimum Gasteiger partial charge on any atom is -0.295 e. The molecule has 5 heteroatoms. The topological polar surface area (TPSA) is 60.2 Å². The van der Waals surface area contributed by atoms with Crippen molar-refractivity contribution < 1.29 is 9.72 Å². The zero-order chi connectivity index (χ0) is 20.3. The number of carbonyl (C=O) groups excluding carboxylic acids is 1. The van der Waals surface area contributed by atoms with Crippen LogP contribution in [-0.2, 0) is 4.79 Å². The number of benzene rings is 2. The number of ketones is 1. The molecule has 0 N–H and O–H groups in total. The number of hydrogen-bond donors (Lipinski definition) is 0. The fourth-order valence-corrected chi connectivity index (χ4v) is 4.61. The first-order valence-corrected chi connectivity index (χ1v) is 10.2. The van der Waals surface area contributed by atoms with Crippen molar-refractivity contribution in [2.75, 3.05) is 0 Å². The van der Waals surface area contributed by atoms with Gasteiger partial charge in [0.15, 0.2) is 5.78 Å². The number of allylic oxidation sites excluding steroid dienone is 2. The summed E-state index contributed by atoms with van der Waals surface area (Å²) in [6.45, 7) is 4.16. The van der Waals surface area contributed by atoms with Crippen molar-refractivity contribution in [2.45, 2.75) is 45.1 Å². The van der Waals surface area contributed by atoms with Crippen molar-refractivity contribution in [3.63, 3.8) is 0 Å². The van der Waals surface area contributed by atoms with Gasteiger partial charge in [0, 0.05) is 21.4 Å². The molecule has 2 atom stereocenters. The van der Waals surface area contributed by atoms with E-state index < -0.39 is 6.04 Å². The van der Waals surface area contributed by atoms with Gasteiger partial charge < -0.3 is 0 Å². The molecule has 2 aromatic carbocycles. The zero-order valence-corrected chi connectivity index (χ0v) is 17.7. The van der Waals surface area contributed by atoms with E-state index in [1.54, 1.807) is 6.08 Å². The molecule has 0 saturated heterocycles. The zero-order valence-electron chi connectivity index (χ0n) is 16.1. The van der Waals surface area contributed by atoms with Gasteiger partial charge in [0.2, 0.25) is 6.04 Å². The molecule has 0 bridgehead atoms. The third kappa shape index (κ3) is 4.96. The standard InChI is InChI=1S/C23H24BrNO3/c1-23(2)14-16(11-20(26)15-23)12-21(18-9-6-10-19(24)13-18)22(25(27)28)17-7-4-3-5-8-17/h3-11,13,21-22H,12,14-15H2,1-2H3/t21-,22+/m1/s1. The van der Waals surface area contributed by atoms with Crippen LogP contribution in [0.25, 0.3) is 0 Å². The Morgan fingerprint density at radius 2 is 1.75 bits per heavy atom. The van der Waals surface area contributed by atoms with E-state index in [9.17, 15) is 14.9 Å². The first kappa shape index (κ1) is 20.5. The predicted molar refractivity (Wildman–Crippen MR) is 114 cm³/mol. The minimum absolute atomic E-state index is 0.108. The van der Waals surface area contributed by atoms with E-state index >= 15 is 0 Å². The summed E-state index contributed by atoms with van der Waals surface area (Å²) >= 11 is 3.49. The predicted octanol–water partition coefficient (Wildman–Crippen LogP) is 6.26. The Labute approximate surface area is 173 Å². The first-order valence-electron chi connectivity index (χ1n) is 9.41. The van der Waals surface area contributed by atoms with Crippen molar-refractivity contribution in [2.24, 2.45) is 5.41 Å². The van der Waals surface area contributed by atoms with E-state index in [0.29, 0.717) is 18.4 Å². The third-order valence-corrected chi connectivity index (χ3v) is 5.73. The number of nitro groups is 1. The Morgan fingerprint density at radius 1 is 1.07 bits per heavy atom. The molecule has 0 radical (unpaired) electrons. The molecular formula is C23H24BrNO3.